The lowest BCUT2D eigenvalue weighted by Gasteiger charge is -2.16. The van der Waals surface area contributed by atoms with Gasteiger partial charge in [-0.25, -0.2) is 0 Å². The number of hydrogen-bond donors (Lipinski definition) is 2. The summed E-state index contributed by atoms with van der Waals surface area (Å²) < 4.78 is 1.11. The van der Waals surface area contributed by atoms with Gasteiger partial charge in [0.2, 0.25) is 0 Å². The fraction of sp³-hybridized carbons (Fsp3) is 0.200. The van der Waals surface area contributed by atoms with E-state index in [0.717, 1.165) is 26.6 Å². The molecule has 0 aliphatic rings. The van der Waals surface area contributed by atoms with Crippen molar-refractivity contribution in [2.45, 2.75) is 17.4 Å². The van der Waals surface area contributed by atoms with E-state index in [1.165, 1.54) is 5.56 Å². The third-order valence-corrected chi connectivity index (χ3v) is 5.39. The van der Waals surface area contributed by atoms with Crippen molar-refractivity contribution in [3.05, 3.63) is 63.6 Å². The molecule has 0 saturated heterocycles. The fourth-order valence-electron chi connectivity index (χ4n) is 1.85. The van der Waals surface area contributed by atoms with E-state index in [4.69, 9.17) is 17.4 Å². The largest absolute Gasteiger partial charge is 0.271 e. The molecule has 0 amide bonds. The molecule has 0 radical (unpaired) electrons. The third-order valence-electron chi connectivity index (χ3n) is 2.94. The van der Waals surface area contributed by atoms with Crippen molar-refractivity contribution in [3.63, 3.8) is 0 Å². The van der Waals surface area contributed by atoms with E-state index in [1.807, 2.05) is 42.5 Å². The van der Waals surface area contributed by atoms with Crippen LogP contribution in [-0.2, 0) is 6.42 Å². The topological polar surface area (TPSA) is 38.0 Å². The summed E-state index contributed by atoms with van der Waals surface area (Å²) in [4.78, 5) is 1.08. The second-order valence-electron chi connectivity index (χ2n) is 4.40. The minimum absolute atomic E-state index is 0.190. The highest BCUT2D eigenvalue weighted by Gasteiger charge is 2.11. The number of hydrogen-bond acceptors (Lipinski definition) is 3. The Morgan fingerprint density at radius 1 is 1.15 bits per heavy atom. The van der Waals surface area contributed by atoms with Crippen LogP contribution in [0.4, 0.5) is 0 Å². The second-order valence-corrected chi connectivity index (χ2v) is 6.72. The van der Waals surface area contributed by atoms with Crippen LogP contribution in [0.5, 0.6) is 0 Å². The van der Waals surface area contributed by atoms with Gasteiger partial charge in [0.15, 0.2) is 0 Å². The Kier molecular flexibility index (Phi) is 6.39. The first-order chi connectivity index (χ1) is 9.70. The molecule has 0 heterocycles. The molecule has 2 aromatic carbocycles. The number of hydrazine groups is 1. The average molecular weight is 372 g/mol. The molecule has 0 aliphatic carbocycles. The van der Waals surface area contributed by atoms with Crippen molar-refractivity contribution >= 4 is 39.3 Å². The molecule has 2 aromatic rings. The summed E-state index contributed by atoms with van der Waals surface area (Å²) in [5.41, 5.74) is 4.13. The fourth-order valence-corrected chi connectivity index (χ4v) is 3.57. The summed E-state index contributed by atoms with van der Waals surface area (Å²) in [6, 6.07) is 16.3. The molecule has 1 atom stereocenters. The molecule has 0 spiro atoms. The smallest absolute Gasteiger partial charge is 0.0541 e. The first-order valence-electron chi connectivity index (χ1n) is 6.27. The van der Waals surface area contributed by atoms with Gasteiger partial charge in [-0.15, -0.1) is 11.8 Å². The van der Waals surface area contributed by atoms with Crippen molar-refractivity contribution in [3.8, 4) is 0 Å². The van der Waals surface area contributed by atoms with Crippen molar-refractivity contribution in [1.29, 1.82) is 0 Å². The highest BCUT2D eigenvalue weighted by atomic mass is 79.9. The van der Waals surface area contributed by atoms with Crippen molar-refractivity contribution in [1.82, 2.24) is 5.43 Å². The first kappa shape index (κ1) is 15.9. The molecule has 0 fully saturated rings. The van der Waals surface area contributed by atoms with Crippen LogP contribution in [0, 0.1) is 0 Å². The Morgan fingerprint density at radius 3 is 2.55 bits per heavy atom. The summed E-state index contributed by atoms with van der Waals surface area (Å²) in [5, 5.41) is 0.786. The van der Waals surface area contributed by atoms with Gasteiger partial charge in [0.25, 0.3) is 0 Å². The van der Waals surface area contributed by atoms with Crippen LogP contribution in [0.2, 0.25) is 5.02 Å². The Labute approximate surface area is 137 Å². The minimum Gasteiger partial charge on any atom is -0.271 e. The molecule has 0 bridgehead atoms. The molecule has 20 heavy (non-hydrogen) atoms. The zero-order valence-corrected chi connectivity index (χ0v) is 14.0. The average Bonchev–Trinajstić information content (AvgIpc) is 2.47. The van der Waals surface area contributed by atoms with E-state index in [2.05, 4.69) is 27.4 Å². The van der Waals surface area contributed by atoms with Gasteiger partial charge in [-0.3, -0.25) is 11.3 Å². The Balaban J connectivity index is 1.96. The van der Waals surface area contributed by atoms with Gasteiger partial charge in [0.05, 0.1) is 5.02 Å². The molecule has 0 aliphatic heterocycles. The van der Waals surface area contributed by atoms with E-state index in [-0.39, 0.29) is 6.04 Å². The van der Waals surface area contributed by atoms with E-state index in [9.17, 15) is 0 Å². The summed E-state index contributed by atoms with van der Waals surface area (Å²) in [6.45, 7) is 0. The van der Waals surface area contributed by atoms with Gasteiger partial charge >= 0.3 is 0 Å². The first-order valence-corrected chi connectivity index (χ1v) is 8.43. The van der Waals surface area contributed by atoms with Crippen molar-refractivity contribution in [2.75, 3.05) is 5.75 Å². The maximum atomic E-state index is 6.16. The van der Waals surface area contributed by atoms with Crippen LogP contribution in [0.3, 0.4) is 0 Å². The number of rotatable bonds is 6. The standard InChI is InChI=1S/C15H16BrClN2S/c16-13-6-2-1-5-11(13)9-12(19-18)10-20-15-8-4-3-7-14(15)17/h1-8,12,19H,9-10,18H2. The molecular formula is C15H16BrClN2S. The Hall–Kier alpha value is -0.520. The van der Waals surface area contributed by atoms with Crippen LogP contribution >= 0.6 is 39.3 Å². The zero-order chi connectivity index (χ0) is 14.4. The predicted molar refractivity (Wildman–Crippen MR) is 91.1 cm³/mol. The third kappa shape index (κ3) is 4.50. The number of nitrogens with two attached hydrogens (primary N) is 1. The molecule has 2 rings (SSSR count). The maximum absolute atomic E-state index is 6.16. The number of halogens is 2. The summed E-state index contributed by atoms with van der Waals surface area (Å²) in [7, 11) is 0. The Bertz CT molecular complexity index is 565. The SMILES string of the molecule is NNC(CSc1ccccc1Cl)Cc1ccccc1Br. The summed E-state index contributed by atoms with van der Waals surface area (Å²) in [6.07, 6.45) is 0.870. The minimum atomic E-state index is 0.190. The van der Waals surface area contributed by atoms with E-state index >= 15 is 0 Å². The van der Waals surface area contributed by atoms with Crippen LogP contribution < -0.4 is 11.3 Å². The van der Waals surface area contributed by atoms with Gasteiger partial charge in [-0.05, 0) is 30.2 Å². The van der Waals surface area contributed by atoms with Gasteiger partial charge in [0.1, 0.15) is 0 Å². The quantitative estimate of drug-likeness (QED) is 0.452. The van der Waals surface area contributed by atoms with E-state index in [0.29, 0.717) is 0 Å². The molecule has 5 heteroatoms. The van der Waals surface area contributed by atoms with Crippen LogP contribution in [0.25, 0.3) is 0 Å². The van der Waals surface area contributed by atoms with Crippen molar-refractivity contribution < 1.29 is 0 Å². The monoisotopic (exact) mass is 370 g/mol. The van der Waals surface area contributed by atoms with E-state index < -0.39 is 0 Å². The van der Waals surface area contributed by atoms with Crippen LogP contribution in [0.1, 0.15) is 5.56 Å². The number of thioether (sulfide) groups is 1. The lowest BCUT2D eigenvalue weighted by molar-refractivity contribution is 0.574. The number of nitrogens with one attached hydrogen (secondary N) is 1. The highest BCUT2D eigenvalue weighted by Crippen LogP contribution is 2.28. The Morgan fingerprint density at radius 2 is 1.85 bits per heavy atom. The maximum Gasteiger partial charge on any atom is 0.0541 e. The number of benzene rings is 2. The molecular weight excluding hydrogens is 356 g/mol. The molecule has 3 N–H and O–H groups in total. The van der Waals surface area contributed by atoms with E-state index in [1.54, 1.807) is 11.8 Å². The van der Waals surface area contributed by atoms with Crippen LogP contribution in [-0.4, -0.2) is 11.8 Å². The summed E-state index contributed by atoms with van der Waals surface area (Å²) in [5.74, 6) is 6.52. The summed E-state index contributed by atoms with van der Waals surface area (Å²) >= 11 is 11.4. The lowest BCUT2D eigenvalue weighted by Crippen LogP contribution is -2.38. The predicted octanol–water partition coefficient (Wildman–Crippen LogP) is 4.27. The van der Waals surface area contributed by atoms with Gasteiger partial charge in [-0.2, -0.15) is 0 Å². The molecule has 106 valence electrons. The second kappa shape index (κ2) is 8.05. The zero-order valence-electron chi connectivity index (χ0n) is 10.9. The normalized spacial score (nSPS) is 12.3. The highest BCUT2D eigenvalue weighted by molar-refractivity contribution is 9.10. The van der Waals surface area contributed by atoms with Crippen molar-refractivity contribution in [2.24, 2.45) is 5.84 Å². The van der Waals surface area contributed by atoms with Crippen LogP contribution in [0.15, 0.2) is 57.9 Å². The molecule has 1 unspecified atom stereocenters. The van der Waals surface area contributed by atoms with Gasteiger partial charge in [-0.1, -0.05) is 57.9 Å². The lowest BCUT2D eigenvalue weighted by atomic mass is 10.1. The molecule has 0 saturated carbocycles. The molecule has 2 nitrogen and oxygen atoms in total. The van der Waals surface area contributed by atoms with Gasteiger partial charge < -0.3 is 0 Å². The molecule has 0 aromatic heterocycles. The van der Waals surface area contributed by atoms with Gasteiger partial charge in [0, 0.05) is 21.2 Å².